The largest absolute Gasteiger partial charge is 0.455 e. The number of hydrogen-bond donors (Lipinski definition) is 0. The molecule has 0 spiro atoms. The third kappa shape index (κ3) is 4.20. The third-order valence-electron chi connectivity index (χ3n) is 3.35. The SMILES string of the molecule is Cc1cccc(-c2nnc(COC(=O)Cc3ccc(Cl)cc3)o2)c1. The van der Waals surface area contributed by atoms with Crippen molar-refractivity contribution in [2.75, 3.05) is 0 Å². The van der Waals surface area contributed by atoms with E-state index in [9.17, 15) is 4.79 Å². The van der Waals surface area contributed by atoms with E-state index >= 15 is 0 Å². The molecule has 3 rings (SSSR count). The first-order chi connectivity index (χ1) is 11.6. The molecule has 0 bridgehead atoms. The van der Waals surface area contributed by atoms with E-state index in [2.05, 4.69) is 10.2 Å². The molecule has 0 fully saturated rings. The zero-order chi connectivity index (χ0) is 16.9. The molecule has 0 saturated heterocycles. The van der Waals surface area contributed by atoms with Crippen LogP contribution < -0.4 is 0 Å². The van der Waals surface area contributed by atoms with Crippen LogP contribution in [0.25, 0.3) is 11.5 Å². The van der Waals surface area contributed by atoms with Gasteiger partial charge in [-0.1, -0.05) is 41.4 Å². The average molecular weight is 343 g/mol. The number of carbonyl (C=O) groups excluding carboxylic acids is 1. The van der Waals surface area contributed by atoms with E-state index in [1.54, 1.807) is 24.3 Å². The standard InChI is InChI=1S/C18H15ClN2O3/c1-12-3-2-4-14(9-12)18-21-20-16(24-18)11-23-17(22)10-13-5-7-15(19)8-6-13/h2-9H,10-11H2,1H3. The maximum atomic E-state index is 11.8. The van der Waals surface area contributed by atoms with E-state index in [1.807, 2.05) is 31.2 Å². The van der Waals surface area contributed by atoms with E-state index in [0.29, 0.717) is 10.9 Å². The highest BCUT2D eigenvalue weighted by atomic mass is 35.5. The lowest BCUT2D eigenvalue weighted by Crippen LogP contribution is -2.08. The molecule has 24 heavy (non-hydrogen) atoms. The minimum atomic E-state index is -0.368. The monoisotopic (exact) mass is 342 g/mol. The van der Waals surface area contributed by atoms with Crippen LogP contribution in [0.2, 0.25) is 5.02 Å². The maximum absolute atomic E-state index is 11.8. The van der Waals surface area contributed by atoms with Gasteiger partial charge in [-0.15, -0.1) is 10.2 Å². The van der Waals surface area contributed by atoms with Gasteiger partial charge in [-0.05, 0) is 36.8 Å². The van der Waals surface area contributed by atoms with Crippen molar-refractivity contribution in [2.45, 2.75) is 20.0 Å². The Bertz CT molecular complexity index is 843. The molecule has 122 valence electrons. The quantitative estimate of drug-likeness (QED) is 0.656. The van der Waals surface area contributed by atoms with Crippen molar-refractivity contribution < 1.29 is 13.9 Å². The number of aromatic nitrogens is 2. The zero-order valence-electron chi connectivity index (χ0n) is 13.0. The summed E-state index contributed by atoms with van der Waals surface area (Å²) in [6.07, 6.45) is 0.163. The number of hydrogen-bond acceptors (Lipinski definition) is 5. The number of carbonyl (C=O) groups is 1. The average Bonchev–Trinajstić information content (AvgIpc) is 3.04. The Hall–Kier alpha value is -2.66. The van der Waals surface area contributed by atoms with E-state index in [-0.39, 0.29) is 24.9 Å². The molecule has 5 nitrogen and oxygen atoms in total. The summed E-state index contributed by atoms with van der Waals surface area (Å²) in [5, 5.41) is 8.50. The second kappa shape index (κ2) is 7.27. The van der Waals surface area contributed by atoms with Gasteiger partial charge in [-0.2, -0.15) is 0 Å². The van der Waals surface area contributed by atoms with Crippen molar-refractivity contribution in [3.05, 3.63) is 70.6 Å². The Morgan fingerprint density at radius 2 is 1.96 bits per heavy atom. The van der Waals surface area contributed by atoms with Gasteiger partial charge in [-0.3, -0.25) is 4.79 Å². The van der Waals surface area contributed by atoms with Crippen LogP contribution in [0, 0.1) is 6.92 Å². The van der Waals surface area contributed by atoms with Crippen LogP contribution in [-0.2, 0) is 22.6 Å². The molecule has 0 atom stereocenters. The van der Waals surface area contributed by atoms with E-state index < -0.39 is 0 Å². The van der Waals surface area contributed by atoms with Gasteiger partial charge in [0, 0.05) is 10.6 Å². The van der Waals surface area contributed by atoms with Crippen LogP contribution in [0.15, 0.2) is 52.9 Å². The van der Waals surface area contributed by atoms with Crippen LogP contribution in [0.3, 0.4) is 0 Å². The molecule has 1 heterocycles. The van der Waals surface area contributed by atoms with Crippen molar-refractivity contribution in [2.24, 2.45) is 0 Å². The Morgan fingerprint density at radius 1 is 1.17 bits per heavy atom. The van der Waals surface area contributed by atoms with Gasteiger partial charge in [0.2, 0.25) is 5.89 Å². The summed E-state index contributed by atoms with van der Waals surface area (Å²) < 4.78 is 10.7. The van der Waals surface area contributed by atoms with Gasteiger partial charge in [0.1, 0.15) is 0 Å². The zero-order valence-corrected chi connectivity index (χ0v) is 13.8. The number of aryl methyl sites for hydroxylation is 1. The molecule has 0 aliphatic heterocycles. The summed E-state index contributed by atoms with van der Waals surface area (Å²) in [7, 11) is 0. The van der Waals surface area contributed by atoms with Gasteiger partial charge in [0.15, 0.2) is 6.61 Å². The topological polar surface area (TPSA) is 65.2 Å². The van der Waals surface area contributed by atoms with Crippen molar-refractivity contribution in [3.8, 4) is 11.5 Å². The highest BCUT2D eigenvalue weighted by molar-refractivity contribution is 6.30. The van der Waals surface area contributed by atoms with Crippen LogP contribution in [0.5, 0.6) is 0 Å². The first-order valence-corrected chi connectivity index (χ1v) is 7.77. The molecule has 1 aromatic heterocycles. The number of benzene rings is 2. The number of rotatable bonds is 5. The fraction of sp³-hybridized carbons (Fsp3) is 0.167. The summed E-state index contributed by atoms with van der Waals surface area (Å²) in [5.41, 5.74) is 2.76. The van der Waals surface area contributed by atoms with Gasteiger partial charge in [0.25, 0.3) is 5.89 Å². The lowest BCUT2D eigenvalue weighted by Gasteiger charge is -2.02. The Labute approximate surface area is 144 Å². The van der Waals surface area contributed by atoms with Crippen molar-refractivity contribution in [3.63, 3.8) is 0 Å². The second-order valence-electron chi connectivity index (χ2n) is 5.33. The molecule has 2 aromatic carbocycles. The minimum absolute atomic E-state index is 0.0504. The number of ether oxygens (including phenoxy) is 1. The first kappa shape index (κ1) is 16.2. The van der Waals surface area contributed by atoms with Crippen molar-refractivity contribution in [1.82, 2.24) is 10.2 Å². The number of halogens is 1. The molecule has 3 aromatic rings. The molecule has 0 saturated carbocycles. The molecule has 0 aliphatic rings. The Morgan fingerprint density at radius 3 is 2.71 bits per heavy atom. The molecule has 0 N–H and O–H groups in total. The predicted octanol–water partition coefficient (Wildman–Crippen LogP) is 3.98. The van der Waals surface area contributed by atoms with Gasteiger partial charge in [-0.25, -0.2) is 0 Å². The van der Waals surface area contributed by atoms with Crippen LogP contribution in [-0.4, -0.2) is 16.2 Å². The van der Waals surface area contributed by atoms with Crippen molar-refractivity contribution >= 4 is 17.6 Å². The maximum Gasteiger partial charge on any atom is 0.310 e. The summed E-state index contributed by atoms with van der Waals surface area (Å²) in [4.78, 5) is 11.8. The summed E-state index contributed by atoms with van der Waals surface area (Å²) >= 11 is 5.81. The summed E-state index contributed by atoms with van der Waals surface area (Å²) in [6, 6.07) is 14.8. The molecular weight excluding hydrogens is 328 g/mol. The lowest BCUT2D eigenvalue weighted by atomic mass is 10.1. The normalized spacial score (nSPS) is 10.6. The summed E-state index contributed by atoms with van der Waals surface area (Å²) in [5.74, 6) is 0.297. The van der Waals surface area contributed by atoms with E-state index in [4.69, 9.17) is 20.8 Å². The minimum Gasteiger partial charge on any atom is -0.455 e. The highest BCUT2D eigenvalue weighted by Gasteiger charge is 2.11. The number of nitrogens with zero attached hydrogens (tertiary/aromatic N) is 2. The molecule has 0 radical (unpaired) electrons. The van der Waals surface area contributed by atoms with E-state index in [0.717, 1.165) is 16.7 Å². The molecule has 0 unspecified atom stereocenters. The van der Waals surface area contributed by atoms with Gasteiger partial charge < -0.3 is 9.15 Å². The Kier molecular flexibility index (Phi) is 4.91. The molecule has 0 aliphatic carbocycles. The van der Waals surface area contributed by atoms with Crippen LogP contribution >= 0.6 is 11.6 Å². The van der Waals surface area contributed by atoms with Crippen LogP contribution in [0.1, 0.15) is 17.0 Å². The highest BCUT2D eigenvalue weighted by Crippen LogP contribution is 2.19. The second-order valence-corrected chi connectivity index (χ2v) is 5.77. The lowest BCUT2D eigenvalue weighted by molar-refractivity contribution is -0.144. The first-order valence-electron chi connectivity index (χ1n) is 7.39. The smallest absolute Gasteiger partial charge is 0.310 e. The predicted molar refractivity (Wildman–Crippen MR) is 89.4 cm³/mol. The fourth-order valence-corrected chi connectivity index (χ4v) is 2.29. The molecule has 0 amide bonds. The van der Waals surface area contributed by atoms with Gasteiger partial charge in [0.05, 0.1) is 6.42 Å². The number of esters is 1. The van der Waals surface area contributed by atoms with Gasteiger partial charge >= 0.3 is 5.97 Å². The van der Waals surface area contributed by atoms with Crippen molar-refractivity contribution in [1.29, 1.82) is 0 Å². The summed E-state index contributed by atoms with van der Waals surface area (Å²) in [6.45, 7) is 1.94. The fourth-order valence-electron chi connectivity index (χ4n) is 2.17. The molecular formula is C18H15ClN2O3. The third-order valence-corrected chi connectivity index (χ3v) is 3.60. The van der Waals surface area contributed by atoms with Crippen LogP contribution in [0.4, 0.5) is 0 Å². The Balaban J connectivity index is 1.57. The van der Waals surface area contributed by atoms with E-state index in [1.165, 1.54) is 0 Å². The molecule has 6 heteroatoms.